The highest BCUT2D eigenvalue weighted by atomic mass is 16.5. The number of hydrogen-bond acceptors (Lipinski definition) is 5. The quantitative estimate of drug-likeness (QED) is 0.815. The zero-order chi connectivity index (χ0) is 14.6. The average Bonchev–Trinajstić information content (AvgIpc) is 2.85. The normalized spacial score (nSPS) is 11.8. The van der Waals surface area contributed by atoms with Crippen molar-refractivity contribution in [3.05, 3.63) is 24.3 Å². The molecule has 2 aromatic rings. The first-order valence-corrected chi connectivity index (χ1v) is 6.63. The van der Waals surface area contributed by atoms with Crippen LogP contribution in [0, 0.1) is 5.41 Å². The molecule has 6 heteroatoms. The van der Waals surface area contributed by atoms with E-state index in [0.717, 1.165) is 36.6 Å². The Hall–Kier alpha value is -1.95. The number of nitrogens with two attached hydrogens (primary N) is 1. The van der Waals surface area contributed by atoms with Crippen molar-refractivity contribution in [3.8, 4) is 11.4 Å². The molecule has 0 aliphatic carbocycles. The standard InChI is InChI=1S/C14H21N5O/c1-14(2,8-9-20-3)10-19-13(16-17-18-19)11-4-6-12(15)7-5-11/h4-7H,8-10,15H2,1-3H3. The summed E-state index contributed by atoms with van der Waals surface area (Å²) < 4.78 is 6.98. The molecule has 0 bridgehead atoms. The summed E-state index contributed by atoms with van der Waals surface area (Å²) >= 11 is 0. The third-order valence-electron chi connectivity index (χ3n) is 3.26. The highest BCUT2D eigenvalue weighted by molar-refractivity contribution is 5.58. The van der Waals surface area contributed by atoms with Gasteiger partial charge in [0, 0.05) is 25.0 Å². The van der Waals surface area contributed by atoms with Crippen molar-refractivity contribution >= 4 is 5.69 Å². The lowest BCUT2D eigenvalue weighted by Gasteiger charge is -2.24. The summed E-state index contributed by atoms with van der Waals surface area (Å²) in [4.78, 5) is 0. The zero-order valence-corrected chi connectivity index (χ0v) is 12.2. The van der Waals surface area contributed by atoms with E-state index in [-0.39, 0.29) is 5.41 Å². The minimum atomic E-state index is 0.0634. The van der Waals surface area contributed by atoms with E-state index >= 15 is 0 Å². The Morgan fingerprint density at radius 2 is 1.95 bits per heavy atom. The van der Waals surface area contributed by atoms with Crippen molar-refractivity contribution in [1.82, 2.24) is 20.2 Å². The van der Waals surface area contributed by atoms with Gasteiger partial charge in [0.15, 0.2) is 5.82 Å². The SMILES string of the molecule is COCCC(C)(C)Cn1nnnc1-c1ccc(N)cc1. The zero-order valence-electron chi connectivity index (χ0n) is 12.2. The third-order valence-corrected chi connectivity index (χ3v) is 3.26. The number of ether oxygens (including phenoxy) is 1. The number of rotatable bonds is 6. The van der Waals surface area contributed by atoms with Crippen LogP contribution in [0.4, 0.5) is 5.69 Å². The molecular weight excluding hydrogens is 254 g/mol. The van der Waals surface area contributed by atoms with Crippen LogP contribution in [0.25, 0.3) is 11.4 Å². The Balaban J connectivity index is 2.18. The maximum absolute atomic E-state index is 5.70. The molecule has 1 aromatic heterocycles. The number of methoxy groups -OCH3 is 1. The highest BCUT2D eigenvalue weighted by Gasteiger charge is 2.21. The molecule has 0 unspecified atom stereocenters. The lowest BCUT2D eigenvalue weighted by molar-refractivity contribution is 0.140. The number of hydrogen-bond donors (Lipinski definition) is 1. The Kier molecular flexibility index (Phi) is 4.34. The fraction of sp³-hybridized carbons (Fsp3) is 0.500. The molecule has 2 rings (SSSR count). The molecule has 0 spiro atoms. The summed E-state index contributed by atoms with van der Waals surface area (Å²) in [5.74, 6) is 0.760. The molecule has 0 aliphatic heterocycles. The van der Waals surface area contributed by atoms with E-state index in [4.69, 9.17) is 10.5 Å². The van der Waals surface area contributed by atoms with E-state index in [2.05, 4.69) is 29.4 Å². The van der Waals surface area contributed by atoms with Crippen molar-refractivity contribution in [1.29, 1.82) is 0 Å². The van der Waals surface area contributed by atoms with Gasteiger partial charge in [0.25, 0.3) is 0 Å². The second kappa shape index (κ2) is 6.00. The van der Waals surface area contributed by atoms with Gasteiger partial charge >= 0.3 is 0 Å². The maximum atomic E-state index is 5.70. The first-order chi connectivity index (χ1) is 9.52. The predicted molar refractivity (Wildman–Crippen MR) is 77.9 cm³/mol. The lowest BCUT2D eigenvalue weighted by Crippen LogP contribution is -2.23. The van der Waals surface area contributed by atoms with E-state index in [1.165, 1.54) is 0 Å². The third kappa shape index (κ3) is 3.54. The number of nitrogens with zero attached hydrogens (tertiary/aromatic N) is 4. The minimum absolute atomic E-state index is 0.0634. The van der Waals surface area contributed by atoms with Crippen LogP contribution in [0.15, 0.2) is 24.3 Å². The largest absolute Gasteiger partial charge is 0.399 e. The molecule has 1 aromatic carbocycles. The van der Waals surface area contributed by atoms with Crippen LogP contribution in [0.3, 0.4) is 0 Å². The molecule has 20 heavy (non-hydrogen) atoms. The molecule has 2 N–H and O–H groups in total. The Morgan fingerprint density at radius 3 is 2.60 bits per heavy atom. The summed E-state index contributed by atoms with van der Waals surface area (Å²) in [5.41, 5.74) is 7.46. The van der Waals surface area contributed by atoms with Crippen LogP contribution >= 0.6 is 0 Å². The fourth-order valence-corrected chi connectivity index (χ4v) is 2.01. The van der Waals surface area contributed by atoms with Crippen LogP contribution in [-0.4, -0.2) is 33.9 Å². The second-order valence-corrected chi connectivity index (χ2v) is 5.69. The molecule has 0 amide bonds. The van der Waals surface area contributed by atoms with Gasteiger partial charge < -0.3 is 10.5 Å². The van der Waals surface area contributed by atoms with Gasteiger partial charge in [0.2, 0.25) is 0 Å². The van der Waals surface area contributed by atoms with Gasteiger partial charge in [-0.25, -0.2) is 4.68 Å². The second-order valence-electron chi connectivity index (χ2n) is 5.69. The fourth-order valence-electron chi connectivity index (χ4n) is 2.01. The van der Waals surface area contributed by atoms with Gasteiger partial charge in [0.1, 0.15) is 0 Å². The monoisotopic (exact) mass is 275 g/mol. The minimum Gasteiger partial charge on any atom is -0.399 e. The van der Waals surface area contributed by atoms with Crippen molar-refractivity contribution in [2.24, 2.45) is 5.41 Å². The van der Waals surface area contributed by atoms with Crippen molar-refractivity contribution in [2.45, 2.75) is 26.8 Å². The molecule has 0 aliphatic rings. The molecule has 0 atom stereocenters. The number of benzene rings is 1. The molecule has 108 valence electrons. The summed E-state index contributed by atoms with van der Waals surface area (Å²) in [7, 11) is 1.72. The van der Waals surface area contributed by atoms with Gasteiger partial charge in [-0.15, -0.1) is 5.10 Å². The van der Waals surface area contributed by atoms with Crippen molar-refractivity contribution in [2.75, 3.05) is 19.5 Å². The molecule has 1 heterocycles. The first kappa shape index (κ1) is 14.5. The van der Waals surface area contributed by atoms with Crippen LogP contribution in [0.2, 0.25) is 0 Å². The average molecular weight is 275 g/mol. The van der Waals surface area contributed by atoms with Crippen molar-refractivity contribution in [3.63, 3.8) is 0 Å². The molecule has 0 fully saturated rings. The molecule has 0 saturated heterocycles. The van der Waals surface area contributed by atoms with Gasteiger partial charge in [-0.3, -0.25) is 0 Å². The van der Waals surface area contributed by atoms with Gasteiger partial charge in [-0.2, -0.15) is 0 Å². The summed E-state index contributed by atoms with van der Waals surface area (Å²) in [6.45, 7) is 5.83. The summed E-state index contributed by atoms with van der Waals surface area (Å²) in [6, 6.07) is 7.56. The van der Waals surface area contributed by atoms with Crippen molar-refractivity contribution < 1.29 is 4.74 Å². The Labute approximate surface area is 118 Å². The van der Waals surface area contributed by atoms with Crippen LogP contribution in [0.5, 0.6) is 0 Å². The van der Waals surface area contributed by atoms with Crippen LogP contribution in [0.1, 0.15) is 20.3 Å². The Bertz CT molecular complexity index is 547. The molecule has 0 saturated carbocycles. The van der Waals surface area contributed by atoms with Gasteiger partial charge in [-0.05, 0) is 46.5 Å². The van der Waals surface area contributed by atoms with E-state index in [0.29, 0.717) is 0 Å². The van der Waals surface area contributed by atoms with E-state index < -0.39 is 0 Å². The lowest BCUT2D eigenvalue weighted by atomic mass is 9.89. The smallest absolute Gasteiger partial charge is 0.182 e. The predicted octanol–water partition coefficient (Wildman–Crippen LogP) is 1.98. The highest BCUT2D eigenvalue weighted by Crippen LogP contribution is 2.25. The number of anilines is 1. The van der Waals surface area contributed by atoms with E-state index in [9.17, 15) is 0 Å². The number of nitrogen functional groups attached to an aromatic ring is 1. The maximum Gasteiger partial charge on any atom is 0.182 e. The molecule has 0 radical (unpaired) electrons. The van der Waals surface area contributed by atoms with Crippen LogP contribution in [-0.2, 0) is 11.3 Å². The van der Waals surface area contributed by atoms with E-state index in [1.807, 2.05) is 28.9 Å². The first-order valence-electron chi connectivity index (χ1n) is 6.63. The van der Waals surface area contributed by atoms with E-state index in [1.54, 1.807) is 7.11 Å². The summed E-state index contributed by atoms with van der Waals surface area (Å²) in [5, 5.41) is 12.0. The summed E-state index contributed by atoms with van der Waals surface area (Å²) in [6.07, 6.45) is 0.949. The van der Waals surface area contributed by atoms with Gasteiger partial charge in [0.05, 0.1) is 6.54 Å². The van der Waals surface area contributed by atoms with Gasteiger partial charge in [-0.1, -0.05) is 13.8 Å². The Morgan fingerprint density at radius 1 is 1.25 bits per heavy atom. The molecular formula is C14H21N5O. The number of aromatic nitrogens is 4. The topological polar surface area (TPSA) is 78.8 Å². The number of tetrazole rings is 1. The molecule has 6 nitrogen and oxygen atoms in total. The van der Waals surface area contributed by atoms with Crippen LogP contribution < -0.4 is 5.73 Å².